The molecule has 2 bridgehead atoms. The summed E-state index contributed by atoms with van der Waals surface area (Å²) < 4.78 is 49.9. The number of fused-ring (bicyclic) bond motifs is 4. The van der Waals surface area contributed by atoms with Crippen molar-refractivity contribution in [2.45, 2.75) is 101 Å². The molecule has 2 saturated carbocycles. The van der Waals surface area contributed by atoms with E-state index in [0.29, 0.717) is 5.56 Å². The highest BCUT2D eigenvalue weighted by Crippen LogP contribution is 2.67. The molecule has 2 aromatic carbocycles. The first kappa shape index (κ1) is 46.9. The van der Waals surface area contributed by atoms with Crippen molar-refractivity contribution in [3.8, 4) is 0 Å². The number of hydrogen-bond acceptors (Lipinski definition) is 16. The average molecular weight is 906 g/mol. The minimum atomic E-state index is -2.34. The van der Waals surface area contributed by atoms with Crippen LogP contribution in [0.15, 0.2) is 71.8 Å². The van der Waals surface area contributed by atoms with Crippen molar-refractivity contribution in [3.05, 3.63) is 82.9 Å². The van der Waals surface area contributed by atoms with Crippen LogP contribution in [0.25, 0.3) is 0 Å². The van der Waals surface area contributed by atoms with E-state index >= 15 is 4.79 Å². The second-order valence-electron chi connectivity index (χ2n) is 18.2. The van der Waals surface area contributed by atoms with Crippen LogP contribution in [0.5, 0.6) is 0 Å². The maximum Gasteiger partial charge on any atom is 0.509 e. The molecule has 1 spiro atoms. The van der Waals surface area contributed by atoms with Gasteiger partial charge >= 0.3 is 36.2 Å². The lowest BCUT2D eigenvalue weighted by Crippen LogP contribution is -2.83. The van der Waals surface area contributed by atoms with Crippen molar-refractivity contribution in [1.82, 2.24) is 15.1 Å². The van der Waals surface area contributed by atoms with Gasteiger partial charge in [0.2, 0.25) is 5.60 Å². The molecule has 65 heavy (non-hydrogen) atoms. The van der Waals surface area contributed by atoms with Gasteiger partial charge in [-0.1, -0.05) is 62.4 Å². The van der Waals surface area contributed by atoms with Gasteiger partial charge in [-0.15, -0.1) is 0 Å². The number of carbonyl (C=O) groups excluding carboxylic acids is 7. The molecule has 0 radical (unpaired) electrons. The number of hydrogen-bond donors (Lipinski definition) is 2. The van der Waals surface area contributed by atoms with Crippen molar-refractivity contribution in [3.63, 3.8) is 0 Å². The van der Waals surface area contributed by atoms with Crippen molar-refractivity contribution in [2.75, 3.05) is 41.9 Å². The number of amides is 3. The molecule has 0 unspecified atom stereocenters. The summed E-state index contributed by atoms with van der Waals surface area (Å²) in [5.41, 5.74) is -7.36. The number of Topliss-reactive ketones (excluding diaryl/α,β-unsaturated/α-hetero) is 1. The maximum atomic E-state index is 16.1. The summed E-state index contributed by atoms with van der Waals surface area (Å²) >= 11 is 0. The Hall–Kier alpha value is -6.05. The number of carbonyl (C=O) groups is 7. The smallest absolute Gasteiger partial charge is 0.454 e. The summed E-state index contributed by atoms with van der Waals surface area (Å²) in [6.07, 6.45) is -13.6. The fourth-order valence-electron chi connectivity index (χ4n) is 10.7. The molecule has 2 saturated heterocycles. The fourth-order valence-corrected chi connectivity index (χ4v) is 10.7. The second kappa shape index (κ2) is 17.1. The number of urea groups is 1. The van der Waals surface area contributed by atoms with Crippen molar-refractivity contribution < 1.29 is 76.6 Å². The topological polar surface area (TPSA) is 232 Å². The Labute approximate surface area is 375 Å². The number of ether oxygens (including phenoxy) is 8. The molecule has 19 heteroatoms. The van der Waals surface area contributed by atoms with E-state index in [1.807, 2.05) is 0 Å². The van der Waals surface area contributed by atoms with E-state index in [1.54, 1.807) is 62.4 Å². The quantitative estimate of drug-likeness (QED) is 0.197. The zero-order valence-corrected chi connectivity index (χ0v) is 37.8. The molecule has 19 nitrogen and oxygen atoms in total. The minimum Gasteiger partial charge on any atom is -0.454 e. The molecule has 3 aliphatic carbocycles. The molecule has 2 aliphatic heterocycles. The Bertz CT molecular complexity index is 2280. The van der Waals surface area contributed by atoms with Gasteiger partial charge in [-0.3, -0.25) is 9.59 Å². The second-order valence-corrected chi connectivity index (χ2v) is 18.2. The molecule has 12 atom stereocenters. The predicted molar refractivity (Wildman–Crippen MR) is 224 cm³/mol. The fraction of sp³-hybridized carbons (Fsp3) is 0.543. The third-order valence-corrected chi connectivity index (χ3v) is 13.8. The van der Waals surface area contributed by atoms with Gasteiger partial charge in [0.05, 0.1) is 35.6 Å². The number of nitrogens with zero attached hydrogens (tertiary/aromatic N) is 2. The van der Waals surface area contributed by atoms with Crippen molar-refractivity contribution in [1.29, 1.82) is 0 Å². The lowest BCUT2D eigenvalue weighted by Gasteiger charge is -2.67. The van der Waals surface area contributed by atoms with Gasteiger partial charge in [0, 0.05) is 54.1 Å². The van der Waals surface area contributed by atoms with Gasteiger partial charge in [0.25, 0.3) is 0 Å². The highest BCUT2D eigenvalue weighted by molar-refractivity contribution is 5.96. The molecular formula is C46H55N3O16. The number of rotatable bonds is 10. The van der Waals surface area contributed by atoms with Gasteiger partial charge in [-0.2, -0.15) is 0 Å². The first-order chi connectivity index (χ1) is 30.6. The van der Waals surface area contributed by atoms with Crippen molar-refractivity contribution >= 4 is 42.0 Å². The SMILES string of the molecule is CO[C@H]1C[C@H]2OC[C@@]2(OC(C)=O)[C@H]2[C@H](OC(=O)c3ccccc3)[C@]34OC(=O)O[C@H]3[C@H](OC(=O)[C@H](O)[C@@H](NC(=O)N(C)C)c3ccccc3)C(C)=C([C@@H](OC(=O)N(C)C)C(=O)[C@]12C)C4(C)C. The highest BCUT2D eigenvalue weighted by atomic mass is 16.8. The van der Waals surface area contributed by atoms with E-state index < -0.39 is 119 Å². The van der Waals surface area contributed by atoms with Crippen LogP contribution in [0.4, 0.5) is 14.4 Å². The summed E-state index contributed by atoms with van der Waals surface area (Å²) in [4.78, 5) is 102. The molecule has 7 rings (SSSR count). The lowest BCUT2D eigenvalue weighted by atomic mass is 9.44. The molecule has 2 heterocycles. The molecule has 2 aromatic rings. The molecular weight excluding hydrogens is 851 g/mol. The number of ketones is 1. The molecule has 4 fully saturated rings. The van der Waals surface area contributed by atoms with Crippen LogP contribution in [0, 0.1) is 16.7 Å². The third-order valence-electron chi connectivity index (χ3n) is 13.8. The standard InChI is InChI=1S/C46H55N3O16/c1-23-29-33(61-41(56)49(8)9)35(52)44(5)27(58-10)21-28-45(22-59-28,64-24(2)50)34(44)37(62-38(53)26-19-15-12-16-20-26)46(43(29,3)4)36(63-42(57)65-46)32(23)60-39(54)31(51)30(47-40(55)48(6)7)25-17-13-11-14-18-25/h11-20,27-28,30-34,36-37,51H,21-22H2,1-10H3,(H,47,55)/t27-,28+,30-,31+,32+,33+,34-,36-,37-,44+,45-,46+/m0/s1. The van der Waals surface area contributed by atoms with Crippen LogP contribution >= 0.6 is 0 Å². The highest BCUT2D eigenvalue weighted by Gasteiger charge is 2.83. The molecule has 3 amide bonds. The molecule has 350 valence electrons. The number of benzene rings is 2. The predicted octanol–water partition coefficient (Wildman–Crippen LogP) is 3.52. The van der Waals surface area contributed by atoms with Crippen LogP contribution in [-0.2, 0) is 52.3 Å². The summed E-state index contributed by atoms with van der Waals surface area (Å²) in [6.45, 7) is 7.03. The Morgan fingerprint density at radius 1 is 0.892 bits per heavy atom. The Morgan fingerprint density at radius 3 is 2.08 bits per heavy atom. The van der Waals surface area contributed by atoms with E-state index in [0.717, 1.165) is 4.90 Å². The van der Waals surface area contributed by atoms with Gasteiger partial charge in [-0.05, 0) is 42.7 Å². The minimum absolute atomic E-state index is 0.0103. The monoisotopic (exact) mass is 905 g/mol. The summed E-state index contributed by atoms with van der Waals surface area (Å²) in [5, 5.41) is 14.5. The normalized spacial score (nSPS) is 32.7. The largest absolute Gasteiger partial charge is 0.509 e. The summed E-state index contributed by atoms with van der Waals surface area (Å²) in [6, 6.07) is 14.0. The van der Waals surface area contributed by atoms with Gasteiger partial charge < -0.3 is 58.1 Å². The van der Waals surface area contributed by atoms with Gasteiger partial charge in [-0.25, -0.2) is 24.0 Å². The molecule has 2 N–H and O–H groups in total. The zero-order chi connectivity index (χ0) is 47.6. The van der Waals surface area contributed by atoms with Crippen LogP contribution in [0.2, 0.25) is 0 Å². The summed E-state index contributed by atoms with van der Waals surface area (Å²) in [7, 11) is 7.12. The van der Waals surface area contributed by atoms with Gasteiger partial charge in [0.15, 0.2) is 41.9 Å². The number of esters is 3. The Balaban J connectivity index is 1.51. The number of aliphatic hydroxyl groups is 1. The third kappa shape index (κ3) is 7.36. The molecule has 5 aliphatic rings. The van der Waals surface area contributed by atoms with Crippen LogP contribution in [0.3, 0.4) is 0 Å². The first-order valence-electron chi connectivity index (χ1n) is 21.1. The zero-order valence-electron chi connectivity index (χ0n) is 37.8. The lowest BCUT2D eigenvalue weighted by molar-refractivity contribution is -0.347. The van der Waals surface area contributed by atoms with E-state index in [9.17, 15) is 33.9 Å². The number of aliphatic hydroxyl groups excluding tert-OH is 1. The van der Waals surface area contributed by atoms with Crippen LogP contribution < -0.4 is 5.32 Å². The van der Waals surface area contributed by atoms with E-state index in [-0.39, 0.29) is 29.7 Å². The first-order valence-corrected chi connectivity index (χ1v) is 21.1. The Morgan fingerprint density at radius 2 is 1.52 bits per heavy atom. The van der Waals surface area contributed by atoms with Gasteiger partial charge in [0.1, 0.15) is 6.10 Å². The van der Waals surface area contributed by atoms with E-state index in [4.69, 9.17) is 37.9 Å². The average Bonchev–Trinajstić information content (AvgIpc) is 3.63. The van der Waals surface area contributed by atoms with Crippen LogP contribution in [0.1, 0.15) is 63.0 Å². The van der Waals surface area contributed by atoms with Crippen LogP contribution in [-0.4, -0.2) is 153 Å². The number of nitrogens with one attached hydrogen (secondary N) is 1. The Kier molecular flexibility index (Phi) is 12.3. The van der Waals surface area contributed by atoms with E-state index in [1.165, 1.54) is 73.1 Å². The maximum absolute atomic E-state index is 16.1. The van der Waals surface area contributed by atoms with Crippen molar-refractivity contribution in [2.24, 2.45) is 16.7 Å². The van der Waals surface area contributed by atoms with E-state index in [2.05, 4.69) is 5.32 Å². The molecule has 0 aromatic heterocycles. The summed E-state index contributed by atoms with van der Waals surface area (Å²) in [5.74, 6) is -5.34. The number of methoxy groups -OCH3 is 1.